The summed E-state index contributed by atoms with van der Waals surface area (Å²) in [6.45, 7) is 0. The zero-order valence-corrected chi connectivity index (χ0v) is 21.0. The van der Waals surface area contributed by atoms with Gasteiger partial charge in [-0.2, -0.15) is 0 Å². The molecule has 0 aliphatic heterocycles. The van der Waals surface area contributed by atoms with E-state index in [2.05, 4.69) is 20.3 Å². The van der Waals surface area contributed by atoms with E-state index in [0.717, 1.165) is 0 Å². The first-order valence-electron chi connectivity index (χ1n) is 12.5. The molecule has 8 heteroatoms. The zero-order chi connectivity index (χ0) is 27.3. The van der Waals surface area contributed by atoms with Crippen molar-refractivity contribution in [2.24, 2.45) is 10.4 Å². The number of rotatable bonds is 7. The Morgan fingerprint density at radius 2 is 0.725 bits per heavy atom. The first-order valence-corrected chi connectivity index (χ1v) is 12.5. The van der Waals surface area contributed by atoms with Crippen LogP contribution in [0.3, 0.4) is 0 Å². The molecule has 0 saturated carbocycles. The van der Waals surface area contributed by atoms with Crippen molar-refractivity contribution in [3.63, 3.8) is 0 Å². The maximum atomic E-state index is 12.0. The molecule has 0 aliphatic carbocycles. The number of pyridine rings is 4. The van der Waals surface area contributed by atoms with E-state index in [-0.39, 0.29) is 11.4 Å². The van der Waals surface area contributed by atoms with Crippen molar-refractivity contribution in [3.05, 3.63) is 131 Å². The third kappa shape index (κ3) is 4.65. The number of aromatic nitrogens is 4. The Kier molecular flexibility index (Phi) is 6.71. The van der Waals surface area contributed by atoms with Gasteiger partial charge in [-0.05, 0) is 58.9 Å². The van der Waals surface area contributed by atoms with Crippen LogP contribution in [-0.4, -0.2) is 19.9 Å². The summed E-state index contributed by atoms with van der Waals surface area (Å²) < 4.78 is 0. The van der Waals surface area contributed by atoms with Crippen molar-refractivity contribution < 1.29 is 0 Å². The Bertz CT molecular complexity index is 1710. The molecule has 0 amide bonds. The lowest BCUT2D eigenvalue weighted by atomic mass is 10.0. The summed E-state index contributed by atoms with van der Waals surface area (Å²) >= 11 is 0. The fourth-order valence-corrected chi connectivity index (χ4v) is 4.61. The van der Waals surface area contributed by atoms with Crippen LogP contribution in [0.4, 0.5) is 11.4 Å². The second kappa shape index (κ2) is 10.9. The summed E-state index contributed by atoms with van der Waals surface area (Å²) in [6, 6.07) is 33.0. The zero-order valence-electron chi connectivity index (χ0n) is 21.0. The van der Waals surface area contributed by atoms with E-state index in [1.54, 1.807) is 12.4 Å². The SMILES string of the molecule is O=Nc1c(-c2ccccn2)cccc1-c1cccc(-c2cccc(-c3cccc(-c4ccccn4)c3N=O)n2)n1. The van der Waals surface area contributed by atoms with E-state index >= 15 is 0 Å². The van der Waals surface area contributed by atoms with Crippen LogP contribution < -0.4 is 0 Å². The molecule has 0 aliphatic rings. The second-order valence-corrected chi connectivity index (χ2v) is 8.83. The smallest absolute Gasteiger partial charge is 0.126 e. The highest BCUT2D eigenvalue weighted by atomic mass is 16.3. The average molecular weight is 521 g/mol. The Morgan fingerprint density at radius 1 is 0.375 bits per heavy atom. The maximum absolute atomic E-state index is 12.0. The van der Waals surface area contributed by atoms with Crippen LogP contribution in [0.2, 0.25) is 0 Å². The number of nitrogens with zero attached hydrogens (tertiary/aromatic N) is 6. The normalized spacial score (nSPS) is 10.7. The van der Waals surface area contributed by atoms with E-state index < -0.39 is 0 Å². The van der Waals surface area contributed by atoms with Crippen molar-refractivity contribution in [2.75, 3.05) is 0 Å². The molecular weight excluding hydrogens is 500 g/mol. The number of hydrogen-bond acceptors (Lipinski definition) is 8. The molecule has 0 radical (unpaired) electrons. The van der Waals surface area contributed by atoms with E-state index in [9.17, 15) is 9.81 Å². The summed E-state index contributed by atoms with van der Waals surface area (Å²) in [5.41, 5.74) is 6.61. The molecule has 2 aromatic carbocycles. The number of benzene rings is 2. The number of nitroso groups, excluding NO2 is 2. The van der Waals surface area contributed by atoms with Crippen LogP contribution in [0.25, 0.3) is 56.4 Å². The highest BCUT2D eigenvalue weighted by Gasteiger charge is 2.17. The Labute approximate surface area is 229 Å². The van der Waals surface area contributed by atoms with E-state index in [1.165, 1.54) is 0 Å². The van der Waals surface area contributed by atoms with Crippen molar-refractivity contribution in [1.82, 2.24) is 19.9 Å². The van der Waals surface area contributed by atoms with Gasteiger partial charge >= 0.3 is 0 Å². The van der Waals surface area contributed by atoms with Crippen LogP contribution >= 0.6 is 0 Å². The quantitative estimate of drug-likeness (QED) is 0.195. The lowest BCUT2D eigenvalue weighted by Gasteiger charge is -2.11. The predicted molar refractivity (Wildman–Crippen MR) is 156 cm³/mol. The summed E-state index contributed by atoms with van der Waals surface area (Å²) in [5.74, 6) is 0. The minimum atomic E-state index is 0.264. The Hall–Kier alpha value is -5.76. The van der Waals surface area contributed by atoms with Crippen molar-refractivity contribution in [2.45, 2.75) is 0 Å². The van der Waals surface area contributed by atoms with Gasteiger partial charge in [-0.15, -0.1) is 9.81 Å². The molecule has 0 fully saturated rings. The lowest BCUT2D eigenvalue weighted by molar-refractivity contribution is 1.24. The van der Waals surface area contributed by atoms with Gasteiger partial charge in [0.1, 0.15) is 11.4 Å². The van der Waals surface area contributed by atoms with Gasteiger partial charge in [0.15, 0.2) is 0 Å². The highest BCUT2D eigenvalue weighted by Crippen LogP contribution is 2.40. The summed E-state index contributed by atoms with van der Waals surface area (Å²) in [5, 5.41) is 6.68. The molecule has 6 aromatic rings. The van der Waals surface area contributed by atoms with Crippen molar-refractivity contribution >= 4 is 11.4 Å². The predicted octanol–water partition coefficient (Wildman–Crippen LogP) is 8.40. The fraction of sp³-hybridized carbons (Fsp3) is 0. The summed E-state index contributed by atoms with van der Waals surface area (Å²) in [4.78, 5) is 42.4. The molecule has 0 spiro atoms. The molecule has 0 saturated heterocycles. The van der Waals surface area contributed by atoms with Gasteiger partial charge in [0.25, 0.3) is 0 Å². The van der Waals surface area contributed by atoms with Gasteiger partial charge in [0.2, 0.25) is 0 Å². The molecule has 0 atom stereocenters. The Morgan fingerprint density at radius 3 is 1.10 bits per heavy atom. The molecule has 4 aromatic heterocycles. The molecule has 40 heavy (non-hydrogen) atoms. The van der Waals surface area contributed by atoms with Gasteiger partial charge < -0.3 is 0 Å². The lowest BCUT2D eigenvalue weighted by Crippen LogP contribution is -1.94. The highest BCUT2D eigenvalue weighted by molar-refractivity contribution is 5.88. The van der Waals surface area contributed by atoms with Gasteiger partial charge in [-0.3, -0.25) is 9.97 Å². The average Bonchev–Trinajstić information content (AvgIpc) is 3.05. The topological polar surface area (TPSA) is 110 Å². The van der Waals surface area contributed by atoms with Crippen molar-refractivity contribution in [3.8, 4) is 56.4 Å². The first-order chi connectivity index (χ1) is 19.8. The van der Waals surface area contributed by atoms with Crippen LogP contribution in [0.1, 0.15) is 0 Å². The summed E-state index contributed by atoms with van der Waals surface area (Å²) in [6.07, 6.45) is 3.34. The molecule has 4 heterocycles. The maximum Gasteiger partial charge on any atom is 0.126 e. The first kappa shape index (κ1) is 24.6. The molecule has 6 rings (SSSR count). The monoisotopic (exact) mass is 520 g/mol. The van der Waals surface area contributed by atoms with Gasteiger partial charge in [-0.1, -0.05) is 60.7 Å². The molecule has 8 nitrogen and oxygen atoms in total. The van der Waals surface area contributed by atoms with E-state index in [4.69, 9.17) is 9.97 Å². The van der Waals surface area contributed by atoms with Crippen LogP contribution in [0.5, 0.6) is 0 Å². The van der Waals surface area contributed by atoms with Crippen LogP contribution in [0.15, 0.2) is 132 Å². The van der Waals surface area contributed by atoms with Gasteiger partial charge in [-0.25, -0.2) is 9.97 Å². The molecule has 0 unspecified atom stereocenters. The van der Waals surface area contributed by atoms with Gasteiger partial charge in [0.05, 0.1) is 34.2 Å². The summed E-state index contributed by atoms with van der Waals surface area (Å²) in [7, 11) is 0. The molecule has 190 valence electrons. The largest absolute Gasteiger partial charge is 0.256 e. The minimum absolute atomic E-state index is 0.264. The van der Waals surface area contributed by atoms with E-state index in [0.29, 0.717) is 56.4 Å². The third-order valence-electron chi connectivity index (χ3n) is 6.45. The van der Waals surface area contributed by atoms with Crippen LogP contribution in [-0.2, 0) is 0 Å². The minimum Gasteiger partial charge on any atom is -0.256 e. The van der Waals surface area contributed by atoms with Gasteiger partial charge in [0, 0.05) is 34.6 Å². The second-order valence-electron chi connectivity index (χ2n) is 8.83. The number of hydrogen-bond donors (Lipinski definition) is 0. The third-order valence-corrected chi connectivity index (χ3v) is 6.45. The fourth-order valence-electron chi connectivity index (χ4n) is 4.61. The molecular formula is C32H20N6O2. The van der Waals surface area contributed by atoms with Crippen LogP contribution in [0, 0.1) is 9.81 Å². The molecule has 0 bridgehead atoms. The standard InChI is InChI=1S/C32H20N6O2/c39-37-31-21(25-13-1-3-19-33-25)9-5-11-23(31)27-15-7-17-29(35-27)30-18-8-16-28(36-30)24-12-6-10-22(32(24)38-40)26-14-2-4-20-34-26/h1-20H. The van der Waals surface area contributed by atoms with Crippen molar-refractivity contribution in [1.29, 1.82) is 0 Å². The Balaban J connectivity index is 1.42. The molecule has 0 N–H and O–H groups in total. The van der Waals surface area contributed by atoms with E-state index in [1.807, 2.05) is 109 Å².